The third kappa shape index (κ3) is 3.38. The Morgan fingerprint density at radius 1 is 1.38 bits per heavy atom. The predicted octanol–water partition coefficient (Wildman–Crippen LogP) is 2.68. The van der Waals surface area contributed by atoms with Gasteiger partial charge in [0.25, 0.3) is 5.91 Å². The molecule has 0 aromatic heterocycles. The van der Waals surface area contributed by atoms with E-state index < -0.39 is 0 Å². The molecular formula is C17H26N2O2. The molecule has 0 aliphatic heterocycles. The first-order valence-corrected chi connectivity index (χ1v) is 7.89. The molecule has 4 heteroatoms. The minimum absolute atomic E-state index is 0.0594. The number of nitrogens with zero attached hydrogens (tertiary/aromatic N) is 1. The van der Waals surface area contributed by atoms with Crippen molar-refractivity contribution in [3.63, 3.8) is 0 Å². The summed E-state index contributed by atoms with van der Waals surface area (Å²) in [5.41, 5.74) is 7.27. The van der Waals surface area contributed by atoms with E-state index >= 15 is 0 Å². The molecule has 1 aliphatic carbocycles. The summed E-state index contributed by atoms with van der Waals surface area (Å²) in [5.74, 6) is 0.350. The quantitative estimate of drug-likeness (QED) is 0.896. The van der Waals surface area contributed by atoms with Crippen LogP contribution in [0.15, 0.2) is 18.2 Å². The first kappa shape index (κ1) is 15.8. The van der Waals surface area contributed by atoms with Crippen LogP contribution in [0.25, 0.3) is 0 Å². The highest BCUT2D eigenvalue weighted by atomic mass is 16.3. The molecule has 1 saturated carbocycles. The number of phenols is 1. The van der Waals surface area contributed by atoms with E-state index in [1.54, 1.807) is 12.1 Å². The summed E-state index contributed by atoms with van der Waals surface area (Å²) >= 11 is 0. The zero-order valence-corrected chi connectivity index (χ0v) is 13.0. The predicted molar refractivity (Wildman–Crippen MR) is 84.4 cm³/mol. The first-order valence-electron chi connectivity index (χ1n) is 7.89. The minimum Gasteiger partial charge on any atom is -0.507 e. The topological polar surface area (TPSA) is 66.6 Å². The van der Waals surface area contributed by atoms with Gasteiger partial charge in [0.2, 0.25) is 0 Å². The number of phenolic OH excluding ortho intramolecular Hbond substituents is 1. The van der Waals surface area contributed by atoms with Crippen molar-refractivity contribution in [2.24, 2.45) is 11.7 Å². The van der Waals surface area contributed by atoms with Crippen molar-refractivity contribution < 1.29 is 9.90 Å². The SMILES string of the molecule is CCN(C(=O)c1cc(C)ccc1O)C1CCCCC1CN. The fraction of sp³-hybridized carbons (Fsp3) is 0.588. The van der Waals surface area contributed by atoms with Gasteiger partial charge in [-0.1, -0.05) is 24.5 Å². The van der Waals surface area contributed by atoms with Gasteiger partial charge in [0, 0.05) is 12.6 Å². The van der Waals surface area contributed by atoms with Gasteiger partial charge >= 0.3 is 0 Å². The van der Waals surface area contributed by atoms with E-state index in [0.29, 0.717) is 24.6 Å². The third-order valence-corrected chi connectivity index (χ3v) is 4.56. The zero-order valence-electron chi connectivity index (χ0n) is 13.0. The zero-order chi connectivity index (χ0) is 15.4. The standard InChI is InChI=1S/C17H26N2O2/c1-3-19(15-7-5-4-6-13(15)11-18)17(21)14-10-12(2)8-9-16(14)20/h8-10,13,15,20H,3-7,11,18H2,1-2H3. The van der Waals surface area contributed by atoms with Gasteiger partial charge in [0.15, 0.2) is 0 Å². The number of nitrogens with two attached hydrogens (primary N) is 1. The summed E-state index contributed by atoms with van der Waals surface area (Å²) in [6, 6.07) is 5.37. The number of aryl methyl sites for hydroxylation is 1. The molecule has 2 atom stereocenters. The fourth-order valence-corrected chi connectivity index (χ4v) is 3.38. The first-order chi connectivity index (χ1) is 10.1. The molecule has 1 aromatic rings. The molecule has 116 valence electrons. The van der Waals surface area contributed by atoms with Gasteiger partial charge in [-0.05, 0) is 51.3 Å². The summed E-state index contributed by atoms with van der Waals surface area (Å²) < 4.78 is 0. The lowest BCUT2D eigenvalue weighted by Crippen LogP contribution is -2.48. The second-order valence-corrected chi connectivity index (χ2v) is 5.96. The average molecular weight is 290 g/mol. The molecule has 0 spiro atoms. The lowest BCUT2D eigenvalue weighted by Gasteiger charge is -2.39. The minimum atomic E-state index is -0.0796. The Balaban J connectivity index is 2.27. The average Bonchev–Trinajstić information content (AvgIpc) is 2.50. The van der Waals surface area contributed by atoms with E-state index in [1.807, 2.05) is 24.8 Å². The molecule has 2 unspecified atom stereocenters. The van der Waals surface area contributed by atoms with E-state index in [4.69, 9.17) is 5.73 Å². The molecule has 4 nitrogen and oxygen atoms in total. The van der Waals surface area contributed by atoms with Crippen LogP contribution in [0.2, 0.25) is 0 Å². The number of hydrogen-bond acceptors (Lipinski definition) is 3. The van der Waals surface area contributed by atoms with Crippen LogP contribution in [-0.2, 0) is 0 Å². The Morgan fingerprint density at radius 2 is 2.10 bits per heavy atom. The summed E-state index contributed by atoms with van der Waals surface area (Å²) in [7, 11) is 0. The van der Waals surface area contributed by atoms with Crippen LogP contribution >= 0.6 is 0 Å². The summed E-state index contributed by atoms with van der Waals surface area (Å²) in [5, 5.41) is 10.00. The Morgan fingerprint density at radius 3 is 2.76 bits per heavy atom. The van der Waals surface area contributed by atoms with Gasteiger partial charge in [-0.3, -0.25) is 4.79 Å². The number of amides is 1. The normalized spacial score (nSPS) is 22.0. The smallest absolute Gasteiger partial charge is 0.257 e. The summed E-state index contributed by atoms with van der Waals surface area (Å²) in [4.78, 5) is 14.7. The van der Waals surface area contributed by atoms with Crippen molar-refractivity contribution in [3.8, 4) is 5.75 Å². The van der Waals surface area contributed by atoms with Gasteiger partial charge in [0.05, 0.1) is 5.56 Å². The molecule has 0 radical (unpaired) electrons. The molecule has 1 aromatic carbocycles. The third-order valence-electron chi connectivity index (χ3n) is 4.56. The fourth-order valence-electron chi connectivity index (χ4n) is 3.38. The van der Waals surface area contributed by atoms with Crippen molar-refractivity contribution in [2.45, 2.75) is 45.6 Å². The number of aromatic hydroxyl groups is 1. The van der Waals surface area contributed by atoms with Crippen molar-refractivity contribution in [1.29, 1.82) is 0 Å². The molecule has 0 heterocycles. The van der Waals surface area contributed by atoms with E-state index in [1.165, 1.54) is 6.42 Å². The van der Waals surface area contributed by atoms with Gasteiger partial charge in [-0.2, -0.15) is 0 Å². The largest absolute Gasteiger partial charge is 0.507 e. The maximum absolute atomic E-state index is 12.8. The lowest BCUT2D eigenvalue weighted by atomic mass is 9.83. The number of hydrogen-bond donors (Lipinski definition) is 2. The van der Waals surface area contributed by atoms with Crippen LogP contribution in [0, 0.1) is 12.8 Å². The van der Waals surface area contributed by atoms with Crippen LogP contribution in [0.3, 0.4) is 0 Å². The second kappa shape index (κ2) is 6.94. The molecular weight excluding hydrogens is 264 g/mol. The molecule has 1 amide bonds. The van der Waals surface area contributed by atoms with Gasteiger partial charge in [-0.15, -0.1) is 0 Å². The Bertz CT molecular complexity index is 502. The number of carbonyl (C=O) groups is 1. The maximum atomic E-state index is 12.8. The molecule has 0 saturated heterocycles. The molecule has 1 fully saturated rings. The lowest BCUT2D eigenvalue weighted by molar-refractivity contribution is 0.0557. The molecule has 2 rings (SSSR count). The molecule has 0 bridgehead atoms. The van der Waals surface area contributed by atoms with Gasteiger partial charge < -0.3 is 15.7 Å². The highest BCUT2D eigenvalue weighted by Gasteiger charge is 2.32. The maximum Gasteiger partial charge on any atom is 0.257 e. The number of carbonyl (C=O) groups excluding carboxylic acids is 1. The summed E-state index contributed by atoms with van der Waals surface area (Å²) in [6.07, 6.45) is 4.43. The van der Waals surface area contributed by atoms with Crippen LogP contribution in [0.4, 0.5) is 0 Å². The van der Waals surface area contributed by atoms with E-state index in [9.17, 15) is 9.90 Å². The number of rotatable bonds is 4. The highest BCUT2D eigenvalue weighted by Crippen LogP contribution is 2.30. The van der Waals surface area contributed by atoms with Crippen molar-refractivity contribution >= 4 is 5.91 Å². The second-order valence-electron chi connectivity index (χ2n) is 5.96. The summed E-state index contributed by atoms with van der Waals surface area (Å²) in [6.45, 7) is 5.18. The van der Waals surface area contributed by atoms with E-state index in [2.05, 4.69) is 0 Å². The van der Waals surface area contributed by atoms with Crippen LogP contribution in [-0.4, -0.2) is 35.0 Å². The van der Waals surface area contributed by atoms with Crippen LogP contribution < -0.4 is 5.73 Å². The van der Waals surface area contributed by atoms with Crippen LogP contribution in [0.1, 0.15) is 48.5 Å². The number of benzene rings is 1. The molecule has 21 heavy (non-hydrogen) atoms. The van der Waals surface area contributed by atoms with Crippen molar-refractivity contribution in [3.05, 3.63) is 29.3 Å². The Labute approximate surface area is 126 Å². The van der Waals surface area contributed by atoms with E-state index in [-0.39, 0.29) is 17.7 Å². The Kier molecular flexibility index (Phi) is 5.23. The van der Waals surface area contributed by atoms with Gasteiger partial charge in [-0.25, -0.2) is 0 Å². The Hall–Kier alpha value is -1.55. The molecule has 1 aliphatic rings. The van der Waals surface area contributed by atoms with Crippen molar-refractivity contribution in [2.75, 3.05) is 13.1 Å². The van der Waals surface area contributed by atoms with Crippen molar-refractivity contribution in [1.82, 2.24) is 4.90 Å². The highest BCUT2D eigenvalue weighted by molar-refractivity contribution is 5.97. The van der Waals surface area contributed by atoms with Gasteiger partial charge in [0.1, 0.15) is 5.75 Å². The molecule has 3 N–H and O–H groups in total. The monoisotopic (exact) mass is 290 g/mol. The van der Waals surface area contributed by atoms with Crippen LogP contribution in [0.5, 0.6) is 5.75 Å². The van der Waals surface area contributed by atoms with E-state index in [0.717, 1.165) is 24.8 Å².